The van der Waals surface area contributed by atoms with E-state index < -0.39 is 0 Å². The second-order valence-electron chi connectivity index (χ2n) is 9.70. The first-order valence-corrected chi connectivity index (χ1v) is 11.9. The number of aromatic nitrogens is 2. The van der Waals surface area contributed by atoms with Gasteiger partial charge in [-0.25, -0.2) is 4.98 Å². The van der Waals surface area contributed by atoms with Crippen LogP contribution in [-0.2, 0) is 22.5 Å². The van der Waals surface area contributed by atoms with Gasteiger partial charge in [0, 0.05) is 38.7 Å². The summed E-state index contributed by atoms with van der Waals surface area (Å²) in [6.07, 6.45) is 9.10. The lowest BCUT2D eigenvalue weighted by Crippen LogP contribution is -2.44. The van der Waals surface area contributed by atoms with E-state index in [1.165, 1.54) is 25.7 Å². The normalized spacial score (nSPS) is 32.4. The van der Waals surface area contributed by atoms with Crippen LogP contribution in [0.2, 0.25) is 0 Å². The van der Waals surface area contributed by atoms with Crippen LogP contribution in [0.5, 0.6) is 0 Å². The third-order valence-electron chi connectivity index (χ3n) is 7.67. The number of amides is 1. The summed E-state index contributed by atoms with van der Waals surface area (Å²) in [5, 5.41) is 0. The van der Waals surface area contributed by atoms with Gasteiger partial charge in [0.25, 0.3) is 11.5 Å². The second kappa shape index (κ2) is 8.42. The average molecular weight is 415 g/mol. The molecule has 7 heteroatoms. The summed E-state index contributed by atoms with van der Waals surface area (Å²) in [6.45, 7) is 5.41. The SMILES string of the molecule is CC1CCC(N2CCc3nc([C@@H]4CCCN4C(=O)[C@@H]4CCCO4)[nH]c(=O)c3C2)CC1. The van der Waals surface area contributed by atoms with Gasteiger partial charge in [-0.2, -0.15) is 0 Å². The summed E-state index contributed by atoms with van der Waals surface area (Å²) >= 11 is 0. The number of fused-ring (bicyclic) bond motifs is 1. The van der Waals surface area contributed by atoms with Crippen molar-refractivity contribution in [1.82, 2.24) is 19.8 Å². The van der Waals surface area contributed by atoms with Gasteiger partial charge in [0.15, 0.2) is 0 Å². The lowest BCUT2D eigenvalue weighted by molar-refractivity contribution is -0.142. The maximum atomic E-state index is 13.0. The Balaban J connectivity index is 1.33. The minimum Gasteiger partial charge on any atom is -0.368 e. The Hall–Kier alpha value is -1.73. The van der Waals surface area contributed by atoms with Gasteiger partial charge in [0.05, 0.1) is 17.3 Å². The van der Waals surface area contributed by atoms with Crippen LogP contribution in [0.15, 0.2) is 4.79 Å². The minimum absolute atomic E-state index is 0.0136. The van der Waals surface area contributed by atoms with E-state index in [-0.39, 0.29) is 23.6 Å². The van der Waals surface area contributed by atoms with Crippen molar-refractivity contribution in [3.05, 3.63) is 27.4 Å². The third-order valence-corrected chi connectivity index (χ3v) is 7.67. The topological polar surface area (TPSA) is 78.5 Å². The van der Waals surface area contributed by atoms with E-state index in [1.54, 1.807) is 0 Å². The van der Waals surface area contributed by atoms with Gasteiger partial charge in [0.1, 0.15) is 11.9 Å². The number of nitrogens with zero attached hydrogens (tertiary/aromatic N) is 3. The molecule has 1 amide bonds. The fraction of sp³-hybridized carbons (Fsp3) is 0.783. The predicted molar refractivity (Wildman–Crippen MR) is 113 cm³/mol. The summed E-state index contributed by atoms with van der Waals surface area (Å²) in [5.41, 5.74) is 1.75. The van der Waals surface area contributed by atoms with E-state index in [9.17, 15) is 9.59 Å². The molecule has 30 heavy (non-hydrogen) atoms. The van der Waals surface area contributed by atoms with Crippen molar-refractivity contribution < 1.29 is 9.53 Å². The van der Waals surface area contributed by atoms with Crippen LogP contribution >= 0.6 is 0 Å². The number of carbonyl (C=O) groups excluding carboxylic acids is 1. The predicted octanol–water partition coefficient (Wildman–Crippen LogP) is 2.55. The van der Waals surface area contributed by atoms with Crippen molar-refractivity contribution in [2.24, 2.45) is 5.92 Å². The highest BCUT2D eigenvalue weighted by molar-refractivity contribution is 5.81. The van der Waals surface area contributed by atoms with Gasteiger partial charge in [-0.3, -0.25) is 14.5 Å². The van der Waals surface area contributed by atoms with Gasteiger partial charge in [-0.05, 0) is 57.3 Å². The van der Waals surface area contributed by atoms with Crippen molar-refractivity contribution >= 4 is 5.91 Å². The van der Waals surface area contributed by atoms with Gasteiger partial charge < -0.3 is 14.6 Å². The van der Waals surface area contributed by atoms with Crippen LogP contribution < -0.4 is 5.56 Å². The Morgan fingerprint density at radius 1 is 1.10 bits per heavy atom. The summed E-state index contributed by atoms with van der Waals surface area (Å²) in [5.74, 6) is 1.56. The number of aromatic amines is 1. The van der Waals surface area contributed by atoms with Crippen LogP contribution in [0.25, 0.3) is 0 Å². The molecule has 1 aromatic heterocycles. The van der Waals surface area contributed by atoms with Crippen LogP contribution in [0.1, 0.15) is 81.4 Å². The Labute approximate surface area is 178 Å². The molecule has 1 N–H and O–H groups in total. The number of hydrogen-bond acceptors (Lipinski definition) is 5. The number of likely N-dealkylation sites (tertiary alicyclic amines) is 1. The summed E-state index contributed by atoms with van der Waals surface area (Å²) < 4.78 is 5.61. The lowest BCUT2D eigenvalue weighted by Gasteiger charge is -2.38. The highest BCUT2D eigenvalue weighted by Crippen LogP contribution is 2.33. The van der Waals surface area contributed by atoms with E-state index in [4.69, 9.17) is 9.72 Å². The fourth-order valence-electron chi connectivity index (χ4n) is 5.81. The molecule has 0 unspecified atom stereocenters. The van der Waals surface area contributed by atoms with Crippen molar-refractivity contribution in [1.29, 1.82) is 0 Å². The van der Waals surface area contributed by atoms with Crippen LogP contribution in [-0.4, -0.2) is 57.5 Å². The molecule has 2 atom stereocenters. The molecule has 1 saturated carbocycles. The smallest absolute Gasteiger partial charge is 0.255 e. The molecule has 4 aliphatic rings. The number of ether oxygens (including phenoxy) is 1. The van der Waals surface area contributed by atoms with E-state index in [1.807, 2.05) is 4.90 Å². The maximum absolute atomic E-state index is 13.0. The van der Waals surface area contributed by atoms with Crippen LogP contribution in [0.3, 0.4) is 0 Å². The Kier molecular flexibility index (Phi) is 5.67. The van der Waals surface area contributed by atoms with Gasteiger partial charge >= 0.3 is 0 Å². The van der Waals surface area contributed by atoms with E-state index >= 15 is 0 Å². The number of rotatable bonds is 3. The average Bonchev–Trinajstić information content (AvgIpc) is 3.46. The molecule has 7 nitrogen and oxygen atoms in total. The third kappa shape index (κ3) is 3.82. The zero-order valence-corrected chi connectivity index (χ0v) is 18.1. The number of nitrogens with one attached hydrogen (secondary N) is 1. The molecule has 0 bridgehead atoms. The number of carbonyl (C=O) groups is 1. The molecule has 4 heterocycles. The van der Waals surface area contributed by atoms with E-state index in [2.05, 4.69) is 16.8 Å². The van der Waals surface area contributed by atoms with Crippen molar-refractivity contribution in [2.75, 3.05) is 19.7 Å². The Morgan fingerprint density at radius 3 is 2.70 bits per heavy atom. The number of hydrogen-bond donors (Lipinski definition) is 1. The molecule has 5 rings (SSSR count). The summed E-state index contributed by atoms with van der Waals surface area (Å²) in [7, 11) is 0. The quantitative estimate of drug-likeness (QED) is 0.822. The van der Waals surface area contributed by atoms with Gasteiger partial charge in [-0.15, -0.1) is 0 Å². The molecular weight excluding hydrogens is 380 g/mol. The van der Waals surface area contributed by atoms with E-state index in [0.717, 1.165) is 62.4 Å². The largest absolute Gasteiger partial charge is 0.368 e. The Bertz CT molecular complexity index is 839. The van der Waals surface area contributed by atoms with Crippen LogP contribution in [0, 0.1) is 5.92 Å². The zero-order valence-electron chi connectivity index (χ0n) is 18.1. The first-order valence-electron chi connectivity index (χ1n) is 11.9. The highest BCUT2D eigenvalue weighted by atomic mass is 16.5. The fourth-order valence-corrected chi connectivity index (χ4v) is 5.81. The molecule has 3 fully saturated rings. The summed E-state index contributed by atoms with van der Waals surface area (Å²) in [4.78, 5) is 38.3. The second-order valence-corrected chi connectivity index (χ2v) is 9.70. The minimum atomic E-state index is -0.318. The van der Waals surface area contributed by atoms with Crippen molar-refractivity contribution in [3.8, 4) is 0 Å². The molecule has 1 aliphatic carbocycles. The molecule has 2 saturated heterocycles. The van der Waals surface area contributed by atoms with Crippen molar-refractivity contribution in [2.45, 2.75) is 89.4 Å². The first-order chi connectivity index (χ1) is 14.6. The summed E-state index contributed by atoms with van der Waals surface area (Å²) in [6, 6.07) is 0.473. The maximum Gasteiger partial charge on any atom is 0.255 e. The lowest BCUT2D eigenvalue weighted by atomic mass is 9.86. The van der Waals surface area contributed by atoms with E-state index in [0.29, 0.717) is 25.0 Å². The highest BCUT2D eigenvalue weighted by Gasteiger charge is 2.38. The standard InChI is InChI=1S/C23H34N4O3/c1-15-6-8-16(9-7-15)26-12-10-18-17(14-26)22(28)25-21(24-18)19-4-2-11-27(19)23(29)20-5-3-13-30-20/h15-16,19-20H,2-14H2,1H3,(H,24,25,28)/t15?,16?,19-,20-/m0/s1. The monoisotopic (exact) mass is 414 g/mol. The first kappa shape index (κ1) is 20.2. The molecule has 0 radical (unpaired) electrons. The van der Waals surface area contributed by atoms with Gasteiger partial charge in [0.2, 0.25) is 0 Å². The number of H-pyrrole nitrogens is 1. The zero-order chi connectivity index (χ0) is 20.7. The van der Waals surface area contributed by atoms with Gasteiger partial charge in [-0.1, -0.05) is 6.92 Å². The molecule has 164 valence electrons. The molecule has 0 aromatic carbocycles. The molecular formula is C23H34N4O3. The van der Waals surface area contributed by atoms with Crippen molar-refractivity contribution in [3.63, 3.8) is 0 Å². The van der Waals surface area contributed by atoms with Crippen LogP contribution in [0.4, 0.5) is 0 Å². The Morgan fingerprint density at radius 2 is 1.93 bits per heavy atom. The molecule has 1 aromatic rings. The molecule has 0 spiro atoms. The molecule has 3 aliphatic heterocycles.